The highest BCUT2D eigenvalue weighted by Gasteiger charge is 2.35. The van der Waals surface area contributed by atoms with Crippen molar-refractivity contribution in [1.82, 2.24) is 9.78 Å². The van der Waals surface area contributed by atoms with E-state index >= 15 is 0 Å². The minimum Gasteiger partial charge on any atom is -0.325 e. The molecule has 0 aliphatic carbocycles. The van der Waals surface area contributed by atoms with Gasteiger partial charge in [-0.25, -0.2) is 13.5 Å². The SMILES string of the molecule is Cl.NCc1cc(C(F)(F)F)nn1-c1cc(F)cc(F)c1. The minimum absolute atomic E-state index is 0. The number of hydrogen-bond donors (Lipinski definition) is 1. The van der Waals surface area contributed by atoms with Crippen LogP contribution in [-0.2, 0) is 12.7 Å². The first-order valence-electron chi connectivity index (χ1n) is 5.14. The minimum atomic E-state index is -4.65. The molecule has 110 valence electrons. The summed E-state index contributed by atoms with van der Waals surface area (Å²) in [5.41, 5.74) is 3.97. The van der Waals surface area contributed by atoms with Crippen molar-refractivity contribution in [3.8, 4) is 5.69 Å². The average molecular weight is 314 g/mol. The lowest BCUT2D eigenvalue weighted by molar-refractivity contribution is -0.141. The quantitative estimate of drug-likeness (QED) is 0.866. The Labute approximate surface area is 116 Å². The van der Waals surface area contributed by atoms with Crippen LogP contribution in [-0.4, -0.2) is 9.78 Å². The van der Waals surface area contributed by atoms with Crippen LogP contribution in [0.3, 0.4) is 0 Å². The van der Waals surface area contributed by atoms with Gasteiger partial charge in [-0.15, -0.1) is 12.4 Å². The van der Waals surface area contributed by atoms with Gasteiger partial charge in [0.15, 0.2) is 5.69 Å². The Morgan fingerprint density at radius 2 is 1.60 bits per heavy atom. The summed E-state index contributed by atoms with van der Waals surface area (Å²) >= 11 is 0. The van der Waals surface area contributed by atoms with Crippen molar-refractivity contribution >= 4 is 12.4 Å². The number of nitrogens with two attached hydrogens (primary N) is 1. The van der Waals surface area contributed by atoms with Gasteiger partial charge in [-0.3, -0.25) is 0 Å². The number of alkyl halides is 3. The van der Waals surface area contributed by atoms with Crippen molar-refractivity contribution in [3.05, 3.63) is 47.3 Å². The van der Waals surface area contributed by atoms with Gasteiger partial charge < -0.3 is 5.73 Å². The zero-order chi connectivity index (χ0) is 14.2. The highest BCUT2D eigenvalue weighted by molar-refractivity contribution is 5.85. The van der Waals surface area contributed by atoms with Crippen LogP contribution in [0.4, 0.5) is 22.0 Å². The van der Waals surface area contributed by atoms with Gasteiger partial charge in [-0.2, -0.15) is 18.3 Å². The van der Waals surface area contributed by atoms with Gasteiger partial charge in [-0.1, -0.05) is 0 Å². The molecule has 0 saturated carbocycles. The molecule has 3 nitrogen and oxygen atoms in total. The summed E-state index contributed by atoms with van der Waals surface area (Å²) in [4.78, 5) is 0. The molecular formula is C11H9ClF5N3. The molecule has 0 bridgehead atoms. The van der Waals surface area contributed by atoms with E-state index in [0.717, 1.165) is 22.9 Å². The molecule has 0 radical (unpaired) electrons. The lowest BCUT2D eigenvalue weighted by Gasteiger charge is -2.06. The van der Waals surface area contributed by atoms with Crippen molar-refractivity contribution < 1.29 is 22.0 Å². The molecule has 0 fully saturated rings. The third-order valence-corrected chi connectivity index (χ3v) is 2.37. The normalized spacial score (nSPS) is 11.3. The summed E-state index contributed by atoms with van der Waals surface area (Å²) in [6.07, 6.45) is -4.65. The first kappa shape index (κ1) is 16.4. The van der Waals surface area contributed by atoms with Crippen LogP contribution >= 0.6 is 12.4 Å². The van der Waals surface area contributed by atoms with Crippen LogP contribution in [0.5, 0.6) is 0 Å². The van der Waals surface area contributed by atoms with Crippen LogP contribution in [0.1, 0.15) is 11.4 Å². The fourth-order valence-electron chi connectivity index (χ4n) is 1.59. The maximum Gasteiger partial charge on any atom is 0.435 e. The Morgan fingerprint density at radius 1 is 1.05 bits per heavy atom. The van der Waals surface area contributed by atoms with Crippen LogP contribution in [0.2, 0.25) is 0 Å². The van der Waals surface area contributed by atoms with E-state index in [1.807, 2.05) is 0 Å². The molecule has 0 atom stereocenters. The van der Waals surface area contributed by atoms with Gasteiger partial charge >= 0.3 is 6.18 Å². The van der Waals surface area contributed by atoms with Crippen LogP contribution in [0.15, 0.2) is 24.3 Å². The second kappa shape index (κ2) is 5.76. The topological polar surface area (TPSA) is 43.8 Å². The summed E-state index contributed by atoms with van der Waals surface area (Å²) in [5.74, 6) is -1.83. The molecule has 2 aromatic rings. The molecule has 20 heavy (non-hydrogen) atoms. The Kier molecular flexibility index (Phi) is 4.72. The van der Waals surface area contributed by atoms with Gasteiger partial charge in [0, 0.05) is 12.6 Å². The molecule has 1 aromatic heterocycles. The first-order chi connectivity index (χ1) is 8.81. The number of rotatable bonds is 2. The third-order valence-electron chi connectivity index (χ3n) is 2.37. The van der Waals surface area contributed by atoms with E-state index < -0.39 is 23.5 Å². The first-order valence-corrected chi connectivity index (χ1v) is 5.14. The van der Waals surface area contributed by atoms with Crippen molar-refractivity contribution in [3.63, 3.8) is 0 Å². The van der Waals surface area contributed by atoms with Crippen LogP contribution in [0.25, 0.3) is 5.69 Å². The highest BCUT2D eigenvalue weighted by Crippen LogP contribution is 2.29. The molecule has 1 aromatic carbocycles. The lowest BCUT2D eigenvalue weighted by Crippen LogP contribution is -2.09. The fraction of sp³-hybridized carbons (Fsp3) is 0.182. The van der Waals surface area contributed by atoms with Gasteiger partial charge in [0.2, 0.25) is 0 Å². The summed E-state index contributed by atoms with van der Waals surface area (Å²) in [6, 6.07) is 3.09. The highest BCUT2D eigenvalue weighted by atomic mass is 35.5. The molecule has 0 saturated heterocycles. The molecule has 1 heterocycles. The maximum atomic E-state index is 13.1. The second-order valence-electron chi connectivity index (χ2n) is 3.76. The molecule has 2 N–H and O–H groups in total. The molecule has 0 spiro atoms. The molecule has 2 rings (SSSR count). The number of benzene rings is 1. The molecule has 0 aliphatic rings. The van der Waals surface area contributed by atoms with E-state index in [1.54, 1.807) is 0 Å². The smallest absolute Gasteiger partial charge is 0.325 e. The van der Waals surface area contributed by atoms with E-state index in [2.05, 4.69) is 5.10 Å². The zero-order valence-corrected chi connectivity index (χ0v) is 10.6. The molecule has 9 heteroatoms. The van der Waals surface area contributed by atoms with E-state index in [4.69, 9.17) is 5.73 Å². The second-order valence-corrected chi connectivity index (χ2v) is 3.76. The predicted octanol–water partition coefficient (Wildman–Crippen LogP) is 3.05. The van der Waals surface area contributed by atoms with E-state index in [1.165, 1.54) is 0 Å². The van der Waals surface area contributed by atoms with E-state index in [0.29, 0.717) is 6.07 Å². The molecule has 0 amide bonds. The molecule has 0 aliphatic heterocycles. The number of hydrogen-bond acceptors (Lipinski definition) is 2. The summed E-state index contributed by atoms with van der Waals surface area (Å²) in [5, 5.41) is 3.28. The van der Waals surface area contributed by atoms with Gasteiger partial charge in [-0.05, 0) is 18.2 Å². The van der Waals surface area contributed by atoms with Gasteiger partial charge in [0.1, 0.15) is 11.6 Å². The van der Waals surface area contributed by atoms with Crippen molar-refractivity contribution in [2.45, 2.75) is 12.7 Å². The zero-order valence-electron chi connectivity index (χ0n) is 9.79. The van der Waals surface area contributed by atoms with Crippen molar-refractivity contribution in [2.24, 2.45) is 5.73 Å². The predicted molar refractivity (Wildman–Crippen MR) is 63.6 cm³/mol. The fourth-order valence-corrected chi connectivity index (χ4v) is 1.59. The average Bonchev–Trinajstić information content (AvgIpc) is 2.71. The number of nitrogens with zero attached hydrogens (tertiary/aromatic N) is 2. The summed E-state index contributed by atoms with van der Waals surface area (Å²) in [6.45, 7) is -0.249. The largest absolute Gasteiger partial charge is 0.435 e. The summed E-state index contributed by atoms with van der Waals surface area (Å²) < 4.78 is 64.5. The van der Waals surface area contributed by atoms with Crippen LogP contribution < -0.4 is 5.73 Å². The number of halogens is 6. The summed E-state index contributed by atoms with van der Waals surface area (Å²) in [7, 11) is 0. The Hall–Kier alpha value is -1.67. The maximum absolute atomic E-state index is 13.1. The van der Waals surface area contributed by atoms with Crippen molar-refractivity contribution in [1.29, 1.82) is 0 Å². The molecule has 0 unspecified atom stereocenters. The van der Waals surface area contributed by atoms with E-state index in [-0.39, 0.29) is 30.3 Å². The Balaban J connectivity index is 0.00000200. The van der Waals surface area contributed by atoms with Gasteiger partial charge in [0.25, 0.3) is 0 Å². The van der Waals surface area contributed by atoms with Crippen LogP contribution in [0, 0.1) is 11.6 Å². The van der Waals surface area contributed by atoms with Gasteiger partial charge in [0.05, 0.1) is 11.4 Å². The van der Waals surface area contributed by atoms with Crippen molar-refractivity contribution in [2.75, 3.05) is 0 Å². The Morgan fingerprint density at radius 3 is 2.05 bits per heavy atom. The monoisotopic (exact) mass is 313 g/mol. The standard InChI is InChI=1S/C11H8F5N3.ClH/c12-6-1-7(13)3-8(2-6)19-9(5-17)4-10(18-19)11(14,15)16;/h1-4H,5,17H2;1H. The van der Waals surface area contributed by atoms with E-state index in [9.17, 15) is 22.0 Å². The third kappa shape index (κ3) is 3.26. The lowest BCUT2D eigenvalue weighted by atomic mass is 10.3. The molecular weight excluding hydrogens is 305 g/mol. The number of aromatic nitrogens is 2. The Bertz CT molecular complexity index is 588.